The number of benzene rings is 1. The van der Waals surface area contributed by atoms with Gasteiger partial charge in [-0.05, 0) is 18.1 Å². The van der Waals surface area contributed by atoms with Gasteiger partial charge in [-0.15, -0.1) is 0 Å². The zero-order chi connectivity index (χ0) is 12.0. The largest absolute Gasteiger partial charge is 0.464 e. The van der Waals surface area contributed by atoms with Gasteiger partial charge in [0, 0.05) is 7.11 Å². The van der Waals surface area contributed by atoms with Crippen molar-refractivity contribution < 1.29 is 19.4 Å². The molecule has 1 N–H and O–H groups in total. The fraction of sp³-hybridized carbons (Fsp3) is 0.417. The molecule has 0 spiro atoms. The molecule has 4 nitrogen and oxygen atoms in total. The van der Waals surface area contributed by atoms with Gasteiger partial charge in [0.25, 0.3) is 0 Å². The van der Waals surface area contributed by atoms with Gasteiger partial charge in [0.05, 0.1) is 13.2 Å². The van der Waals surface area contributed by atoms with E-state index in [4.69, 9.17) is 9.47 Å². The number of carbonyl (C=O) groups excluding carboxylic acids is 1. The zero-order valence-electron chi connectivity index (χ0n) is 9.47. The Bertz CT molecular complexity index is 349. The Morgan fingerprint density at radius 1 is 1.50 bits per heavy atom. The maximum Gasteiger partial charge on any atom is 0.339 e. The molecule has 0 bridgehead atoms. The number of aliphatic hydroxyl groups is 1. The van der Waals surface area contributed by atoms with Crippen molar-refractivity contribution >= 4 is 5.97 Å². The monoisotopic (exact) mass is 224 g/mol. The predicted octanol–water partition coefficient (Wildman–Crippen LogP) is 1.43. The molecule has 0 fully saturated rings. The third-order valence-corrected chi connectivity index (χ3v) is 2.09. The molecule has 1 unspecified atom stereocenters. The minimum Gasteiger partial charge on any atom is -0.464 e. The lowest BCUT2D eigenvalue weighted by atomic mass is 10.1. The summed E-state index contributed by atoms with van der Waals surface area (Å²) >= 11 is 0. The average Bonchev–Trinajstić information content (AvgIpc) is 2.29. The average molecular weight is 224 g/mol. The van der Waals surface area contributed by atoms with Gasteiger partial charge in [-0.3, -0.25) is 0 Å². The lowest BCUT2D eigenvalue weighted by Crippen LogP contribution is -2.15. The first-order chi connectivity index (χ1) is 7.69. The van der Waals surface area contributed by atoms with E-state index in [-0.39, 0.29) is 6.61 Å². The van der Waals surface area contributed by atoms with Crippen molar-refractivity contribution in [2.75, 3.05) is 13.7 Å². The molecule has 16 heavy (non-hydrogen) atoms. The third-order valence-electron chi connectivity index (χ3n) is 2.09. The number of methoxy groups -OCH3 is 1. The van der Waals surface area contributed by atoms with Crippen LogP contribution in [0.3, 0.4) is 0 Å². The Balaban J connectivity index is 2.78. The van der Waals surface area contributed by atoms with Crippen LogP contribution in [0, 0.1) is 0 Å². The smallest absolute Gasteiger partial charge is 0.339 e. The van der Waals surface area contributed by atoms with Gasteiger partial charge in [-0.2, -0.15) is 0 Å². The van der Waals surface area contributed by atoms with Crippen molar-refractivity contribution in [1.82, 2.24) is 0 Å². The normalized spacial score (nSPS) is 12.2. The van der Waals surface area contributed by atoms with Gasteiger partial charge in [-0.25, -0.2) is 4.79 Å². The van der Waals surface area contributed by atoms with Crippen LogP contribution in [0.5, 0.6) is 0 Å². The van der Waals surface area contributed by atoms with Crippen LogP contribution in [0.2, 0.25) is 0 Å². The summed E-state index contributed by atoms with van der Waals surface area (Å²) in [7, 11) is 1.59. The van der Waals surface area contributed by atoms with Crippen LogP contribution in [0.15, 0.2) is 24.3 Å². The highest BCUT2D eigenvalue weighted by Gasteiger charge is 2.18. The van der Waals surface area contributed by atoms with E-state index in [1.54, 1.807) is 32.2 Å². The van der Waals surface area contributed by atoms with Gasteiger partial charge >= 0.3 is 5.97 Å². The fourth-order valence-electron chi connectivity index (χ4n) is 1.38. The molecular weight excluding hydrogens is 208 g/mol. The number of aliphatic hydroxyl groups excluding tert-OH is 1. The van der Waals surface area contributed by atoms with Crippen LogP contribution < -0.4 is 0 Å². The second kappa shape index (κ2) is 6.25. The zero-order valence-corrected chi connectivity index (χ0v) is 9.47. The van der Waals surface area contributed by atoms with Crippen molar-refractivity contribution in [3.63, 3.8) is 0 Å². The molecule has 0 heterocycles. The van der Waals surface area contributed by atoms with Crippen LogP contribution >= 0.6 is 0 Å². The van der Waals surface area contributed by atoms with Crippen molar-refractivity contribution in [3.8, 4) is 0 Å². The fourth-order valence-corrected chi connectivity index (χ4v) is 1.38. The number of carbonyl (C=O) groups is 1. The third kappa shape index (κ3) is 3.32. The van der Waals surface area contributed by atoms with Crippen LogP contribution in [0.1, 0.15) is 24.2 Å². The molecule has 0 saturated heterocycles. The van der Waals surface area contributed by atoms with Crippen LogP contribution in [0.25, 0.3) is 0 Å². The quantitative estimate of drug-likeness (QED) is 0.769. The van der Waals surface area contributed by atoms with Crippen molar-refractivity contribution in [2.24, 2.45) is 0 Å². The molecule has 0 aromatic heterocycles. The molecule has 88 valence electrons. The summed E-state index contributed by atoms with van der Waals surface area (Å²) < 4.78 is 9.71. The summed E-state index contributed by atoms with van der Waals surface area (Å²) in [6.07, 6.45) is -1.23. The van der Waals surface area contributed by atoms with E-state index in [2.05, 4.69) is 0 Å². The molecule has 1 rings (SSSR count). The molecule has 0 saturated carbocycles. The molecule has 1 aromatic rings. The van der Waals surface area contributed by atoms with E-state index in [1.807, 2.05) is 6.07 Å². The summed E-state index contributed by atoms with van der Waals surface area (Å²) in [5.74, 6) is -0.628. The molecule has 1 atom stereocenters. The van der Waals surface area contributed by atoms with E-state index in [0.29, 0.717) is 12.2 Å². The van der Waals surface area contributed by atoms with Gasteiger partial charge < -0.3 is 14.6 Å². The lowest BCUT2D eigenvalue weighted by molar-refractivity contribution is -0.153. The highest BCUT2D eigenvalue weighted by molar-refractivity contribution is 5.76. The van der Waals surface area contributed by atoms with Gasteiger partial charge in [-0.1, -0.05) is 24.3 Å². The molecule has 1 aromatic carbocycles. The van der Waals surface area contributed by atoms with Gasteiger partial charge in [0.15, 0.2) is 6.10 Å². The minimum atomic E-state index is -1.23. The number of ether oxygens (including phenoxy) is 2. The summed E-state index contributed by atoms with van der Waals surface area (Å²) in [5, 5.41) is 9.70. The number of rotatable bonds is 5. The van der Waals surface area contributed by atoms with E-state index in [1.165, 1.54) is 0 Å². The van der Waals surface area contributed by atoms with E-state index in [0.717, 1.165) is 5.56 Å². The Hall–Kier alpha value is -1.39. The Morgan fingerprint density at radius 2 is 2.25 bits per heavy atom. The summed E-state index contributed by atoms with van der Waals surface area (Å²) in [4.78, 5) is 11.3. The van der Waals surface area contributed by atoms with Gasteiger partial charge in [0.2, 0.25) is 0 Å². The molecule has 0 aliphatic heterocycles. The molecular formula is C12H16O4. The van der Waals surface area contributed by atoms with Crippen LogP contribution in [0.4, 0.5) is 0 Å². The number of hydrogen-bond donors (Lipinski definition) is 1. The standard InChI is InChI=1S/C12H16O4/c1-3-16-12(14)11(13)10-6-4-5-9(7-10)8-15-2/h4-7,11,13H,3,8H2,1-2H3. The Labute approximate surface area is 94.8 Å². The molecule has 4 heteroatoms. The van der Waals surface area contributed by atoms with E-state index >= 15 is 0 Å². The SMILES string of the molecule is CCOC(=O)C(O)c1cccc(COC)c1. The van der Waals surface area contributed by atoms with Crippen molar-refractivity contribution in [2.45, 2.75) is 19.6 Å². The molecule has 0 aliphatic rings. The van der Waals surface area contributed by atoms with Crippen LogP contribution in [-0.2, 0) is 20.9 Å². The highest BCUT2D eigenvalue weighted by atomic mass is 16.5. The lowest BCUT2D eigenvalue weighted by Gasteiger charge is -2.10. The number of hydrogen-bond acceptors (Lipinski definition) is 4. The first-order valence-corrected chi connectivity index (χ1v) is 5.11. The first kappa shape index (κ1) is 12.7. The highest BCUT2D eigenvalue weighted by Crippen LogP contribution is 2.16. The summed E-state index contributed by atoms with van der Waals surface area (Å²) in [6.45, 7) is 2.41. The second-order valence-electron chi connectivity index (χ2n) is 3.33. The van der Waals surface area contributed by atoms with E-state index in [9.17, 15) is 9.90 Å². The molecule has 0 aliphatic carbocycles. The maximum absolute atomic E-state index is 11.3. The second-order valence-corrected chi connectivity index (χ2v) is 3.33. The van der Waals surface area contributed by atoms with Crippen LogP contribution in [-0.4, -0.2) is 24.8 Å². The molecule has 0 radical (unpaired) electrons. The topological polar surface area (TPSA) is 55.8 Å². The van der Waals surface area contributed by atoms with Crippen molar-refractivity contribution in [1.29, 1.82) is 0 Å². The van der Waals surface area contributed by atoms with Crippen molar-refractivity contribution in [3.05, 3.63) is 35.4 Å². The first-order valence-electron chi connectivity index (χ1n) is 5.11. The summed E-state index contributed by atoms with van der Waals surface area (Å²) in [6, 6.07) is 7.04. The molecule has 0 amide bonds. The summed E-state index contributed by atoms with van der Waals surface area (Å²) in [5.41, 5.74) is 1.43. The van der Waals surface area contributed by atoms with Gasteiger partial charge in [0.1, 0.15) is 0 Å². The van der Waals surface area contributed by atoms with E-state index < -0.39 is 12.1 Å². The number of esters is 1. The maximum atomic E-state index is 11.3. The minimum absolute atomic E-state index is 0.258. The Kier molecular flexibility index (Phi) is 4.95. The predicted molar refractivity (Wildman–Crippen MR) is 58.7 cm³/mol. The Morgan fingerprint density at radius 3 is 2.88 bits per heavy atom.